The highest BCUT2D eigenvalue weighted by molar-refractivity contribution is 7.89. The summed E-state index contributed by atoms with van der Waals surface area (Å²) in [4.78, 5) is 11.1. The Morgan fingerprint density at radius 3 is 2.37 bits per heavy atom. The van der Waals surface area contributed by atoms with Crippen LogP contribution in [0.25, 0.3) is 0 Å². The van der Waals surface area contributed by atoms with E-state index in [4.69, 9.17) is 0 Å². The van der Waals surface area contributed by atoms with Gasteiger partial charge in [-0.1, -0.05) is 12.1 Å². The van der Waals surface area contributed by atoms with E-state index in [0.29, 0.717) is 0 Å². The fraction of sp³-hybridized carbons (Fsp3) is 0.125. The molecule has 1 aromatic carbocycles. The molecular formula is C8H8F3N3O4S. The Kier molecular flexibility index (Phi) is 4.21. The molecular weight excluding hydrogens is 291 g/mol. The SMILES string of the molecule is NC(=O)NNS(=O)(=O)c1ccccc1OC(F)(F)F. The molecule has 2 amide bonds. The van der Waals surface area contributed by atoms with E-state index in [1.54, 1.807) is 0 Å². The summed E-state index contributed by atoms with van der Waals surface area (Å²) in [7, 11) is -4.45. The van der Waals surface area contributed by atoms with Crippen LogP contribution in [0.4, 0.5) is 18.0 Å². The van der Waals surface area contributed by atoms with Crippen molar-refractivity contribution in [2.75, 3.05) is 0 Å². The number of hydrazine groups is 1. The number of primary amides is 1. The first-order chi connectivity index (χ1) is 8.62. The van der Waals surface area contributed by atoms with E-state index in [0.717, 1.165) is 18.2 Å². The number of nitrogens with one attached hydrogen (secondary N) is 2. The second kappa shape index (κ2) is 5.32. The van der Waals surface area contributed by atoms with Gasteiger partial charge in [0.25, 0.3) is 10.0 Å². The number of alkyl halides is 3. The van der Waals surface area contributed by atoms with Gasteiger partial charge in [-0.15, -0.1) is 18.0 Å². The lowest BCUT2D eigenvalue weighted by atomic mass is 10.3. The molecule has 0 aromatic heterocycles. The van der Waals surface area contributed by atoms with E-state index in [1.165, 1.54) is 16.3 Å². The molecule has 0 saturated heterocycles. The van der Waals surface area contributed by atoms with Gasteiger partial charge in [-0.3, -0.25) is 5.43 Å². The number of carbonyl (C=O) groups excluding carboxylic acids is 1. The van der Waals surface area contributed by atoms with Gasteiger partial charge in [-0.2, -0.15) is 0 Å². The van der Waals surface area contributed by atoms with Gasteiger partial charge in [0.15, 0.2) is 0 Å². The predicted octanol–water partition coefficient (Wildman–Crippen LogP) is 0.447. The second-order valence-corrected chi connectivity index (χ2v) is 4.74. The molecule has 1 rings (SSSR count). The Morgan fingerprint density at radius 1 is 1.26 bits per heavy atom. The molecule has 0 atom stereocenters. The summed E-state index contributed by atoms with van der Waals surface area (Å²) < 4.78 is 63.1. The standard InChI is InChI=1S/C8H8F3N3O4S/c9-8(10,11)18-5-3-1-2-4-6(5)19(16,17)14-13-7(12)15/h1-4,14H,(H3,12,13,15). The minimum Gasteiger partial charge on any atom is -0.404 e. The Labute approximate surface area is 105 Å². The van der Waals surface area contributed by atoms with Crippen molar-refractivity contribution >= 4 is 16.1 Å². The largest absolute Gasteiger partial charge is 0.573 e. The van der Waals surface area contributed by atoms with Gasteiger partial charge in [0, 0.05) is 0 Å². The van der Waals surface area contributed by atoms with Gasteiger partial charge < -0.3 is 10.5 Å². The minimum atomic E-state index is -5.05. The average molecular weight is 299 g/mol. The topological polar surface area (TPSA) is 111 Å². The maximum Gasteiger partial charge on any atom is 0.573 e. The number of benzene rings is 1. The summed E-state index contributed by atoms with van der Waals surface area (Å²) in [5.41, 5.74) is 6.17. The summed E-state index contributed by atoms with van der Waals surface area (Å²) in [6, 6.07) is 2.79. The number of hydrogen-bond donors (Lipinski definition) is 3. The van der Waals surface area contributed by atoms with Gasteiger partial charge in [0.05, 0.1) is 0 Å². The van der Waals surface area contributed by atoms with Crippen LogP contribution in [0, 0.1) is 0 Å². The highest BCUT2D eigenvalue weighted by Crippen LogP contribution is 2.28. The van der Waals surface area contributed by atoms with Crippen LogP contribution in [0.3, 0.4) is 0 Å². The first-order valence-electron chi connectivity index (χ1n) is 4.54. The van der Waals surface area contributed by atoms with Crippen molar-refractivity contribution in [2.45, 2.75) is 11.3 Å². The lowest BCUT2D eigenvalue weighted by Crippen LogP contribution is -2.44. The second-order valence-electron chi connectivity index (χ2n) is 3.09. The van der Waals surface area contributed by atoms with Crippen molar-refractivity contribution in [3.63, 3.8) is 0 Å². The molecule has 0 heterocycles. The lowest BCUT2D eigenvalue weighted by Gasteiger charge is -2.13. The molecule has 0 spiro atoms. The van der Waals surface area contributed by atoms with Gasteiger partial charge in [-0.05, 0) is 12.1 Å². The van der Waals surface area contributed by atoms with E-state index in [9.17, 15) is 26.4 Å². The van der Waals surface area contributed by atoms with Crippen molar-refractivity contribution in [1.29, 1.82) is 0 Å². The van der Waals surface area contributed by atoms with Crippen molar-refractivity contribution in [1.82, 2.24) is 10.3 Å². The molecule has 0 fully saturated rings. The molecule has 0 aliphatic rings. The minimum absolute atomic E-state index is 0.805. The van der Waals surface area contributed by atoms with Crippen LogP contribution >= 0.6 is 0 Å². The van der Waals surface area contributed by atoms with Crippen LogP contribution in [0.15, 0.2) is 29.2 Å². The number of ether oxygens (including phenoxy) is 1. The van der Waals surface area contributed by atoms with Gasteiger partial charge in [0.2, 0.25) is 0 Å². The molecule has 4 N–H and O–H groups in total. The number of para-hydroxylation sites is 1. The maximum absolute atomic E-state index is 12.1. The van der Waals surface area contributed by atoms with Crippen molar-refractivity contribution in [3.8, 4) is 5.75 Å². The molecule has 19 heavy (non-hydrogen) atoms. The van der Waals surface area contributed by atoms with E-state index in [1.807, 2.05) is 0 Å². The van der Waals surface area contributed by atoms with E-state index in [2.05, 4.69) is 10.5 Å². The fourth-order valence-corrected chi connectivity index (χ4v) is 2.03. The third-order valence-electron chi connectivity index (χ3n) is 1.67. The molecule has 106 valence electrons. The maximum atomic E-state index is 12.1. The Bertz CT molecular complexity index is 573. The first kappa shape index (κ1) is 15.0. The third-order valence-corrected chi connectivity index (χ3v) is 2.96. The molecule has 1 aromatic rings. The molecule has 0 saturated carbocycles. The number of carbonyl (C=O) groups is 1. The van der Waals surface area contributed by atoms with Crippen molar-refractivity contribution in [3.05, 3.63) is 24.3 Å². The highest BCUT2D eigenvalue weighted by Gasteiger charge is 2.34. The monoisotopic (exact) mass is 299 g/mol. The summed E-state index contributed by atoms with van der Waals surface area (Å²) in [5, 5.41) is 0. The van der Waals surface area contributed by atoms with Crippen LogP contribution in [0.2, 0.25) is 0 Å². The summed E-state index contributed by atoms with van der Waals surface area (Å²) in [6.07, 6.45) is -5.05. The number of urea groups is 1. The van der Waals surface area contributed by atoms with E-state index in [-0.39, 0.29) is 0 Å². The number of nitrogens with two attached hydrogens (primary N) is 1. The molecule has 11 heteroatoms. The van der Waals surface area contributed by atoms with Crippen LogP contribution in [0.1, 0.15) is 0 Å². The molecule has 0 bridgehead atoms. The Hall–Kier alpha value is -2.01. The average Bonchev–Trinajstić information content (AvgIpc) is 2.25. The zero-order chi connectivity index (χ0) is 14.7. The smallest absolute Gasteiger partial charge is 0.404 e. The molecule has 0 aliphatic heterocycles. The van der Waals surface area contributed by atoms with E-state index < -0.39 is 33.1 Å². The zero-order valence-electron chi connectivity index (χ0n) is 9.06. The van der Waals surface area contributed by atoms with Crippen LogP contribution in [-0.4, -0.2) is 20.8 Å². The fourth-order valence-electron chi connectivity index (χ4n) is 1.05. The molecule has 0 radical (unpaired) electrons. The third kappa shape index (κ3) is 4.63. The zero-order valence-corrected chi connectivity index (χ0v) is 9.88. The molecule has 7 nitrogen and oxygen atoms in total. The number of halogens is 3. The quantitative estimate of drug-likeness (QED) is 0.701. The van der Waals surface area contributed by atoms with Gasteiger partial charge >= 0.3 is 12.4 Å². The predicted molar refractivity (Wildman–Crippen MR) is 56.2 cm³/mol. The normalized spacial score (nSPS) is 11.9. The number of sulfonamides is 1. The van der Waals surface area contributed by atoms with Gasteiger partial charge in [-0.25, -0.2) is 13.2 Å². The van der Waals surface area contributed by atoms with Crippen LogP contribution in [0.5, 0.6) is 5.75 Å². The summed E-state index contributed by atoms with van der Waals surface area (Å²) in [5.74, 6) is -0.936. The summed E-state index contributed by atoms with van der Waals surface area (Å²) >= 11 is 0. The summed E-state index contributed by atoms with van der Waals surface area (Å²) in [6.45, 7) is 0. The highest BCUT2D eigenvalue weighted by atomic mass is 32.2. The number of rotatable bonds is 4. The molecule has 0 unspecified atom stereocenters. The van der Waals surface area contributed by atoms with Crippen LogP contribution < -0.4 is 20.7 Å². The number of hydrogen-bond acceptors (Lipinski definition) is 4. The van der Waals surface area contributed by atoms with Gasteiger partial charge in [0.1, 0.15) is 10.6 Å². The van der Waals surface area contributed by atoms with Crippen molar-refractivity contribution in [2.24, 2.45) is 5.73 Å². The van der Waals surface area contributed by atoms with E-state index >= 15 is 0 Å². The molecule has 0 aliphatic carbocycles. The van der Waals surface area contributed by atoms with Crippen LogP contribution in [-0.2, 0) is 10.0 Å². The van der Waals surface area contributed by atoms with Crippen molar-refractivity contribution < 1.29 is 31.1 Å². The number of amides is 2. The first-order valence-corrected chi connectivity index (χ1v) is 6.02. The lowest BCUT2D eigenvalue weighted by molar-refractivity contribution is -0.275. The Morgan fingerprint density at radius 2 is 1.84 bits per heavy atom. The Balaban J connectivity index is 3.09.